The van der Waals surface area contributed by atoms with Gasteiger partial charge in [0.2, 0.25) is 0 Å². The number of alkyl halides is 1. The molecule has 4 heteroatoms. The molecule has 0 aromatic carbocycles. The number of fused-ring (bicyclic) bond motifs is 5. The highest BCUT2D eigenvalue weighted by Crippen LogP contribution is 2.64. The first-order valence-electron chi connectivity index (χ1n) is 10.1. The standard InChI is InChI=1S/C21H31BrO3/c1-20(25)7-5-13-12-6-8-21(2)16(3-4-17(21)19(24)11-22)14(12)9-18(23)15(13)10-20/h12-17,25H,3-11H2,1-2H3/t12-,13-,14?,15+,16+,17-,20-,21+/m1/s1. The van der Waals surface area contributed by atoms with Gasteiger partial charge in [-0.3, -0.25) is 9.59 Å². The molecule has 4 saturated carbocycles. The van der Waals surface area contributed by atoms with Crippen molar-refractivity contribution in [2.75, 3.05) is 5.33 Å². The summed E-state index contributed by atoms with van der Waals surface area (Å²) in [6, 6.07) is 0. The van der Waals surface area contributed by atoms with E-state index in [-0.39, 0.29) is 17.3 Å². The highest BCUT2D eigenvalue weighted by atomic mass is 79.9. The Morgan fingerprint density at radius 1 is 1.12 bits per heavy atom. The van der Waals surface area contributed by atoms with Gasteiger partial charge in [-0.05, 0) is 81.0 Å². The van der Waals surface area contributed by atoms with Crippen LogP contribution in [0, 0.1) is 40.9 Å². The topological polar surface area (TPSA) is 54.4 Å². The third-order valence-electron chi connectivity index (χ3n) is 8.61. The zero-order valence-electron chi connectivity index (χ0n) is 15.5. The summed E-state index contributed by atoms with van der Waals surface area (Å²) in [7, 11) is 0. The van der Waals surface area contributed by atoms with Crippen molar-refractivity contribution in [2.24, 2.45) is 40.9 Å². The third-order valence-corrected chi connectivity index (χ3v) is 9.16. The minimum atomic E-state index is -0.659. The summed E-state index contributed by atoms with van der Waals surface area (Å²) in [6.45, 7) is 4.22. The highest BCUT2D eigenvalue weighted by Gasteiger charge is 2.60. The van der Waals surface area contributed by atoms with E-state index in [0.29, 0.717) is 53.4 Å². The molecule has 8 atom stereocenters. The van der Waals surface area contributed by atoms with E-state index in [1.54, 1.807) is 0 Å². The molecule has 4 aliphatic carbocycles. The van der Waals surface area contributed by atoms with E-state index in [9.17, 15) is 14.7 Å². The van der Waals surface area contributed by atoms with Gasteiger partial charge in [0.25, 0.3) is 0 Å². The predicted molar refractivity (Wildman–Crippen MR) is 100 cm³/mol. The number of halogens is 1. The maximum Gasteiger partial charge on any atom is 0.147 e. The molecule has 0 amide bonds. The molecule has 4 rings (SSSR count). The second-order valence-corrected chi connectivity index (χ2v) is 10.4. The number of hydrogen-bond acceptors (Lipinski definition) is 3. The summed E-state index contributed by atoms with van der Waals surface area (Å²) in [4.78, 5) is 25.4. The summed E-state index contributed by atoms with van der Waals surface area (Å²) in [5.41, 5.74) is -0.563. The Balaban J connectivity index is 1.59. The summed E-state index contributed by atoms with van der Waals surface area (Å²) in [5.74, 6) is 3.13. The van der Waals surface area contributed by atoms with Crippen molar-refractivity contribution in [3.63, 3.8) is 0 Å². The lowest BCUT2D eigenvalue weighted by atomic mass is 9.48. The molecular formula is C21H31BrO3. The first kappa shape index (κ1) is 18.2. The van der Waals surface area contributed by atoms with Crippen LogP contribution in [0.1, 0.15) is 65.2 Å². The van der Waals surface area contributed by atoms with Gasteiger partial charge in [-0.2, -0.15) is 0 Å². The van der Waals surface area contributed by atoms with Gasteiger partial charge in [0.1, 0.15) is 11.6 Å². The quantitative estimate of drug-likeness (QED) is 0.695. The Labute approximate surface area is 159 Å². The van der Waals surface area contributed by atoms with Crippen LogP contribution in [0.15, 0.2) is 0 Å². The van der Waals surface area contributed by atoms with Gasteiger partial charge >= 0.3 is 0 Å². The molecule has 0 aliphatic heterocycles. The molecule has 0 radical (unpaired) electrons. The number of hydrogen-bond donors (Lipinski definition) is 1. The van der Waals surface area contributed by atoms with E-state index in [4.69, 9.17) is 0 Å². The summed E-state index contributed by atoms with van der Waals surface area (Å²) in [5, 5.41) is 10.9. The van der Waals surface area contributed by atoms with Gasteiger partial charge in [0.05, 0.1) is 10.9 Å². The first-order chi connectivity index (χ1) is 11.8. The smallest absolute Gasteiger partial charge is 0.147 e. The van der Waals surface area contributed by atoms with Crippen molar-refractivity contribution in [1.29, 1.82) is 0 Å². The summed E-state index contributed by atoms with van der Waals surface area (Å²) in [6.07, 6.45) is 7.60. The van der Waals surface area contributed by atoms with Crippen LogP contribution in [-0.2, 0) is 9.59 Å². The fourth-order valence-electron chi connectivity index (χ4n) is 7.42. The maximum absolute atomic E-state index is 13.0. The summed E-state index contributed by atoms with van der Waals surface area (Å²) >= 11 is 3.37. The molecule has 4 fully saturated rings. The van der Waals surface area contributed by atoms with Crippen molar-refractivity contribution in [3.8, 4) is 0 Å². The van der Waals surface area contributed by atoms with Crippen LogP contribution in [0.4, 0.5) is 0 Å². The Morgan fingerprint density at radius 3 is 2.56 bits per heavy atom. The molecule has 0 bridgehead atoms. The Morgan fingerprint density at radius 2 is 1.84 bits per heavy atom. The number of carbonyl (C=O) groups is 2. The molecule has 3 nitrogen and oxygen atoms in total. The van der Waals surface area contributed by atoms with Crippen LogP contribution >= 0.6 is 15.9 Å². The Kier molecular flexibility index (Phi) is 4.47. The number of rotatable bonds is 2. The molecule has 0 spiro atoms. The van der Waals surface area contributed by atoms with Crippen LogP contribution in [0.3, 0.4) is 0 Å². The van der Waals surface area contributed by atoms with E-state index < -0.39 is 5.60 Å². The van der Waals surface area contributed by atoms with Gasteiger partial charge in [-0.25, -0.2) is 0 Å². The zero-order valence-corrected chi connectivity index (χ0v) is 17.1. The fraction of sp³-hybridized carbons (Fsp3) is 0.905. The Bertz CT molecular complexity index is 586. The van der Waals surface area contributed by atoms with Crippen molar-refractivity contribution in [3.05, 3.63) is 0 Å². The molecular weight excluding hydrogens is 380 g/mol. The Hall–Kier alpha value is -0.220. The molecule has 4 aliphatic rings. The van der Waals surface area contributed by atoms with Crippen molar-refractivity contribution >= 4 is 27.5 Å². The molecule has 1 unspecified atom stereocenters. The van der Waals surface area contributed by atoms with E-state index in [2.05, 4.69) is 22.9 Å². The normalized spacial score (nSPS) is 52.2. The minimum Gasteiger partial charge on any atom is -0.390 e. The monoisotopic (exact) mass is 410 g/mol. The fourth-order valence-corrected chi connectivity index (χ4v) is 7.81. The average Bonchev–Trinajstić information content (AvgIpc) is 2.91. The highest BCUT2D eigenvalue weighted by molar-refractivity contribution is 9.09. The van der Waals surface area contributed by atoms with Crippen LogP contribution in [0.25, 0.3) is 0 Å². The first-order valence-corrected chi connectivity index (χ1v) is 11.2. The lowest BCUT2D eigenvalue weighted by Crippen LogP contribution is -2.53. The molecule has 0 heterocycles. The van der Waals surface area contributed by atoms with Gasteiger partial charge in [-0.1, -0.05) is 22.9 Å². The second-order valence-electron chi connectivity index (χ2n) is 9.89. The summed E-state index contributed by atoms with van der Waals surface area (Å²) < 4.78 is 0. The second kappa shape index (κ2) is 6.15. The van der Waals surface area contributed by atoms with Crippen LogP contribution < -0.4 is 0 Å². The molecule has 0 aromatic heterocycles. The van der Waals surface area contributed by atoms with E-state index >= 15 is 0 Å². The van der Waals surface area contributed by atoms with Gasteiger partial charge < -0.3 is 5.11 Å². The molecule has 0 aromatic rings. The van der Waals surface area contributed by atoms with E-state index in [1.165, 1.54) is 6.42 Å². The number of carbonyl (C=O) groups excluding carboxylic acids is 2. The van der Waals surface area contributed by atoms with Crippen LogP contribution in [-0.4, -0.2) is 27.6 Å². The van der Waals surface area contributed by atoms with Crippen LogP contribution in [0.2, 0.25) is 0 Å². The maximum atomic E-state index is 13.0. The molecule has 140 valence electrons. The van der Waals surface area contributed by atoms with Gasteiger partial charge in [-0.15, -0.1) is 0 Å². The molecule has 1 N–H and O–H groups in total. The predicted octanol–water partition coefficient (Wildman–Crippen LogP) is 4.15. The van der Waals surface area contributed by atoms with Gasteiger partial charge in [0, 0.05) is 18.3 Å². The average molecular weight is 411 g/mol. The van der Waals surface area contributed by atoms with E-state index in [1.807, 2.05) is 6.92 Å². The van der Waals surface area contributed by atoms with E-state index in [0.717, 1.165) is 32.1 Å². The largest absolute Gasteiger partial charge is 0.390 e. The lowest BCUT2D eigenvalue weighted by Gasteiger charge is -2.56. The third kappa shape index (κ3) is 2.77. The lowest BCUT2D eigenvalue weighted by molar-refractivity contribution is -0.149. The van der Waals surface area contributed by atoms with Crippen molar-refractivity contribution in [2.45, 2.75) is 70.8 Å². The minimum absolute atomic E-state index is 0.0794. The zero-order chi connectivity index (χ0) is 18.0. The van der Waals surface area contributed by atoms with Crippen molar-refractivity contribution < 1.29 is 14.7 Å². The molecule has 25 heavy (non-hydrogen) atoms. The van der Waals surface area contributed by atoms with Crippen LogP contribution in [0.5, 0.6) is 0 Å². The van der Waals surface area contributed by atoms with Gasteiger partial charge in [0.15, 0.2) is 0 Å². The number of aliphatic hydroxyl groups is 1. The number of Topliss-reactive ketones (excluding diaryl/α,β-unsaturated/α-hetero) is 2. The molecule has 0 saturated heterocycles. The van der Waals surface area contributed by atoms with Crippen molar-refractivity contribution in [1.82, 2.24) is 0 Å². The SMILES string of the molecule is C[C@@]1(O)CC[C@H]2[C@H](C1)C(=O)CC1[C@@H]2CC[C@]2(C)[C@@H](C(=O)CBr)CC[C@@H]12. The number of ketones is 2.